The molecule has 1 heterocycles. The van der Waals surface area contributed by atoms with Crippen LogP contribution in [0.5, 0.6) is 0 Å². The van der Waals surface area contributed by atoms with Crippen molar-refractivity contribution in [2.24, 2.45) is 5.73 Å². The van der Waals surface area contributed by atoms with E-state index in [1.807, 2.05) is 19.1 Å². The second-order valence-corrected chi connectivity index (χ2v) is 5.45. The quantitative estimate of drug-likeness (QED) is 0.800. The maximum Gasteiger partial charge on any atom is 0.303 e. The average molecular weight is 304 g/mol. The van der Waals surface area contributed by atoms with Crippen LogP contribution in [0.25, 0.3) is 0 Å². The molecule has 3 N–H and O–H groups in total. The first-order valence-corrected chi connectivity index (χ1v) is 7.40. The molecule has 1 aromatic carbocycles. The molecule has 0 aliphatic carbocycles. The topological polar surface area (TPSA) is 101 Å². The van der Waals surface area contributed by atoms with E-state index in [9.17, 15) is 14.4 Å². The molecular formula is C16H20N2O4. The Kier molecular flexibility index (Phi) is 4.80. The van der Waals surface area contributed by atoms with E-state index in [1.54, 1.807) is 12.1 Å². The Morgan fingerprint density at radius 1 is 1.36 bits per heavy atom. The van der Waals surface area contributed by atoms with E-state index < -0.39 is 17.9 Å². The number of hydrogen-bond acceptors (Lipinski definition) is 3. The molecule has 0 fully saturated rings. The third kappa shape index (κ3) is 2.95. The summed E-state index contributed by atoms with van der Waals surface area (Å²) >= 11 is 0. The van der Waals surface area contributed by atoms with Gasteiger partial charge in [-0.15, -0.1) is 0 Å². The number of carboxylic acid groups (broad SMARTS) is 1. The van der Waals surface area contributed by atoms with Gasteiger partial charge in [-0.2, -0.15) is 0 Å². The van der Waals surface area contributed by atoms with Gasteiger partial charge in [-0.3, -0.25) is 14.4 Å². The fourth-order valence-corrected chi connectivity index (χ4v) is 3.02. The summed E-state index contributed by atoms with van der Waals surface area (Å²) in [6.07, 6.45) is 1.38. The highest BCUT2D eigenvalue weighted by Crippen LogP contribution is 2.38. The number of carbonyl (C=O) groups excluding carboxylic acids is 2. The molecule has 118 valence electrons. The summed E-state index contributed by atoms with van der Waals surface area (Å²) in [5, 5.41) is 8.84. The lowest BCUT2D eigenvalue weighted by Crippen LogP contribution is -2.46. The summed E-state index contributed by atoms with van der Waals surface area (Å²) in [7, 11) is 0. The number of nitrogens with two attached hydrogens (primary N) is 1. The highest BCUT2D eigenvalue weighted by atomic mass is 16.4. The molecule has 6 heteroatoms. The Bertz CT molecular complexity index is 600. The lowest BCUT2D eigenvalue weighted by molar-refractivity contribution is -0.137. The van der Waals surface area contributed by atoms with Crippen LogP contribution < -0.4 is 5.73 Å². The molecule has 1 aliphatic rings. The van der Waals surface area contributed by atoms with Crippen LogP contribution in [0.4, 0.5) is 0 Å². The van der Waals surface area contributed by atoms with Gasteiger partial charge < -0.3 is 15.7 Å². The fraction of sp³-hybridized carbons (Fsp3) is 0.438. The van der Waals surface area contributed by atoms with Gasteiger partial charge in [0.1, 0.15) is 6.04 Å². The number of rotatable bonds is 7. The van der Waals surface area contributed by atoms with Crippen LogP contribution in [0.3, 0.4) is 0 Å². The highest BCUT2D eigenvalue weighted by Gasteiger charge is 2.41. The highest BCUT2D eigenvalue weighted by molar-refractivity contribution is 6.01. The first-order chi connectivity index (χ1) is 10.5. The summed E-state index contributed by atoms with van der Waals surface area (Å²) in [6.45, 7) is 2.00. The Morgan fingerprint density at radius 2 is 2.05 bits per heavy atom. The second kappa shape index (κ2) is 6.60. The number of nitrogens with zero attached hydrogens (tertiary/aromatic N) is 1. The predicted octanol–water partition coefficient (Wildman–Crippen LogP) is 1.70. The lowest BCUT2D eigenvalue weighted by atomic mass is 10.00. The smallest absolute Gasteiger partial charge is 0.303 e. The molecule has 6 nitrogen and oxygen atoms in total. The van der Waals surface area contributed by atoms with Crippen molar-refractivity contribution < 1.29 is 19.5 Å². The minimum Gasteiger partial charge on any atom is -0.481 e. The monoisotopic (exact) mass is 304 g/mol. The van der Waals surface area contributed by atoms with E-state index in [2.05, 4.69) is 0 Å². The van der Waals surface area contributed by atoms with Gasteiger partial charge in [0, 0.05) is 12.0 Å². The van der Waals surface area contributed by atoms with Crippen LogP contribution >= 0.6 is 0 Å². The zero-order valence-corrected chi connectivity index (χ0v) is 12.5. The van der Waals surface area contributed by atoms with Gasteiger partial charge >= 0.3 is 5.97 Å². The van der Waals surface area contributed by atoms with Gasteiger partial charge in [-0.05, 0) is 24.5 Å². The molecule has 0 spiro atoms. The van der Waals surface area contributed by atoms with Crippen molar-refractivity contribution in [2.75, 3.05) is 0 Å². The van der Waals surface area contributed by atoms with Crippen molar-refractivity contribution in [3.63, 3.8) is 0 Å². The summed E-state index contributed by atoms with van der Waals surface area (Å²) < 4.78 is 0. The number of primary amides is 1. The van der Waals surface area contributed by atoms with Gasteiger partial charge in [-0.25, -0.2) is 0 Å². The van der Waals surface area contributed by atoms with Gasteiger partial charge in [0.2, 0.25) is 5.91 Å². The number of benzene rings is 1. The van der Waals surface area contributed by atoms with Crippen molar-refractivity contribution >= 4 is 17.8 Å². The normalized spacial score (nSPS) is 18.1. The first kappa shape index (κ1) is 16.0. The number of hydrogen-bond donors (Lipinski definition) is 2. The molecular weight excluding hydrogens is 284 g/mol. The van der Waals surface area contributed by atoms with Crippen LogP contribution in [-0.2, 0) is 9.59 Å². The molecule has 2 amide bonds. The molecule has 2 rings (SSSR count). The van der Waals surface area contributed by atoms with E-state index in [0.717, 1.165) is 12.0 Å². The van der Waals surface area contributed by atoms with Gasteiger partial charge in [-0.1, -0.05) is 31.5 Å². The van der Waals surface area contributed by atoms with Gasteiger partial charge in [0.25, 0.3) is 5.91 Å². The summed E-state index contributed by atoms with van der Waals surface area (Å²) in [5.41, 5.74) is 6.89. The predicted molar refractivity (Wildman–Crippen MR) is 80.1 cm³/mol. The number of aliphatic carboxylic acids is 1. The largest absolute Gasteiger partial charge is 0.481 e. The van der Waals surface area contributed by atoms with Crippen LogP contribution in [0.15, 0.2) is 24.3 Å². The van der Waals surface area contributed by atoms with Crippen molar-refractivity contribution in [2.45, 2.75) is 44.7 Å². The maximum atomic E-state index is 12.6. The van der Waals surface area contributed by atoms with Crippen LogP contribution in [-0.4, -0.2) is 33.8 Å². The zero-order chi connectivity index (χ0) is 16.3. The molecule has 0 radical (unpaired) electrons. The van der Waals surface area contributed by atoms with Crippen molar-refractivity contribution in [1.82, 2.24) is 4.90 Å². The maximum absolute atomic E-state index is 12.6. The van der Waals surface area contributed by atoms with Crippen LogP contribution in [0.2, 0.25) is 0 Å². The molecule has 0 bridgehead atoms. The van der Waals surface area contributed by atoms with Gasteiger partial charge in [0.15, 0.2) is 0 Å². The summed E-state index contributed by atoms with van der Waals surface area (Å²) in [5.74, 6) is -1.92. The molecule has 1 aliphatic heterocycles. The minimum atomic E-state index is -1.01. The van der Waals surface area contributed by atoms with E-state index >= 15 is 0 Å². The Labute approximate surface area is 128 Å². The third-order valence-corrected chi connectivity index (χ3v) is 3.98. The molecule has 0 saturated heterocycles. The summed E-state index contributed by atoms with van der Waals surface area (Å²) in [6, 6.07) is 6.12. The van der Waals surface area contributed by atoms with E-state index in [4.69, 9.17) is 10.8 Å². The number of fused-ring (bicyclic) bond motifs is 1. The standard InChI is InChI=1S/C16H20N2O4/c1-2-5-12-10-6-3-4-7-11(10)16(22)18(12)13(15(17)21)8-9-14(19)20/h3-4,6-7,12-13H,2,5,8-9H2,1H3,(H2,17,21)(H,19,20). The van der Waals surface area contributed by atoms with Crippen LogP contribution in [0, 0.1) is 0 Å². The molecule has 2 atom stereocenters. The van der Waals surface area contributed by atoms with Crippen molar-refractivity contribution in [3.8, 4) is 0 Å². The molecule has 0 saturated carbocycles. The zero-order valence-electron chi connectivity index (χ0n) is 12.5. The van der Waals surface area contributed by atoms with E-state index in [1.165, 1.54) is 4.90 Å². The van der Waals surface area contributed by atoms with E-state index in [0.29, 0.717) is 12.0 Å². The number of carboxylic acids is 1. The second-order valence-electron chi connectivity index (χ2n) is 5.45. The summed E-state index contributed by atoms with van der Waals surface area (Å²) in [4.78, 5) is 36.7. The number of carbonyl (C=O) groups is 3. The molecule has 2 unspecified atom stereocenters. The number of amides is 2. The van der Waals surface area contributed by atoms with Crippen molar-refractivity contribution in [3.05, 3.63) is 35.4 Å². The molecule has 0 aromatic heterocycles. The Balaban J connectivity index is 2.36. The molecule has 1 aromatic rings. The Morgan fingerprint density at radius 3 is 2.64 bits per heavy atom. The fourth-order valence-electron chi connectivity index (χ4n) is 3.02. The average Bonchev–Trinajstić information content (AvgIpc) is 2.74. The third-order valence-electron chi connectivity index (χ3n) is 3.98. The Hall–Kier alpha value is -2.37. The first-order valence-electron chi connectivity index (χ1n) is 7.40. The van der Waals surface area contributed by atoms with Crippen LogP contribution in [0.1, 0.15) is 54.6 Å². The van der Waals surface area contributed by atoms with E-state index in [-0.39, 0.29) is 24.8 Å². The van der Waals surface area contributed by atoms with Gasteiger partial charge in [0.05, 0.1) is 6.04 Å². The molecule has 22 heavy (non-hydrogen) atoms. The lowest BCUT2D eigenvalue weighted by Gasteiger charge is -2.31. The SMILES string of the molecule is CCCC1c2ccccc2C(=O)N1C(CCC(=O)O)C(N)=O. The van der Waals surface area contributed by atoms with Crippen molar-refractivity contribution in [1.29, 1.82) is 0 Å². The minimum absolute atomic E-state index is 0.0324.